The normalized spacial score (nSPS) is 15.6. The Morgan fingerprint density at radius 1 is 1.23 bits per heavy atom. The van der Waals surface area contributed by atoms with Gasteiger partial charge in [0.1, 0.15) is 23.6 Å². The lowest BCUT2D eigenvalue weighted by atomic mass is 9.99. The van der Waals surface area contributed by atoms with Gasteiger partial charge in [0.05, 0.1) is 19.2 Å². The molecule has 1 aromatic heterocycles. The fourth-order valence-electron chi connectivity index (χ4n) is 3.84. The van der Waals surface area contributed by atoms with Crippen molar-refractivity contribution in [3.8, 4) is 11.5 Å². The number of nitrogens with one attached hydrogen (secondary N) is 1. The lowest BCUT2D eigenvalue weighted by molar-refractivity contribution is -0.894. The Hall–Kier alpha value is -2.57. The molecule has 0 fully saturated rings. The minimum atomic E-state index is -0.211. The Labute approximate surface area is 184 Å². The van der Waals surface area contributed by atoms with Crippen LogP contribution in [0.15, 0.2) is 45.0 Å². The first-order valence-electron chi connectivity index (χ1n) is 10.2. The van der Waals surface area contributed by atoms with Crippen molar-refractivity contribution >= 4 is 38.8 Å². The molecule has 0 bridgehead atoms. The summed E-state index contributed by atoms with van der Waals surface area (Å²) in [6.45, 7) is 5.41. The number of ketones is 1. The van der Waals surface area contributed by atoms with E-state index in [-0.39, 0.29) is 17.3 Å². The highest BCUT2D eigenvalue weighted by molar-refractivity contribution is 9.10. The van der Waals surface area contributed by atoms with Crippen LogP contribution in [0.3, 0.4) is 0 Å². The van der Waals surface area contributed by atoms with E-state index in [1.54, 1.807) is 19.1 Å². The standard InChI is InChI=1S/C24H24BrNO4/c1-4-5-8-26(3)13-18-19(27)9-14(2)22-23(28)21(30-24(18)22)12-17-11-15-10-16(25)6-7-20(15)29-17/h6-7,9-12,27H,4-5,8,13H2,1-3H3. The molecule has 2 heterocycles. The molecule has 4 rings (SSSR count). The number of allylic oxidation sites excluding steroid dienone is 1. The Kier molecular flexibility index (Phi) is 5.71. The molecule has 0 saturated carbocycles. The summed E-state index contributed by atoms with van der Waals surface area (Å²) >= 11 is 3.45. The van der Waals surface area contributed by atoms with Gasteiger partial charge in [-0.15, -0.1) is 0 Å². The zero-order chi connectivity index (χ0) is 21.4. The second kappa shape index (κ2) is 8.28. The fraction of sp³-hybridized carbons (Fsp3) is 0.292. The van der Waals surface area contributed by atoms with Gasteiger partial charge in [0, 0.05) is 21.5 Å². The van der Waals surface area contributed by atoms with Crippen molar-refractivity contribution in [2.45, 2.75) is 33.2 Å². The number of hydrogen-bond donors (Lipinski definition) is 1. The van der Waals surface area contributed by atoms with E-state index < -0.39 is 0 Å². The molecule has 5 nitrogen and oxygen atoms in total. The van der Waals surface area contributed by atoms with E-state index in [0.29, 0.717) is 34.7 Å². The maximum Gasteiger partial charge on any atom is 0.232 e. The van der Waals surface area contributed by atoms with E-state index in [1.165, 1.54) is 4.90 Å². The smallest absolute Gasteiger partial charge is 0.232 e. The van der Waals surface area contributed by atoms with Crippen LogP contribution in [0.5, 0.6) is 11.5 Å². The van der Waals surface area contributed by atoms with Gasteiger partial charge in [-0.3, -0.25) is 4.79 Å². The van der Waals surface area contributed by atoms with E-state index >= 15 is 0 Å². The largest absolute Gasteiger partial charge is 0.872 e. The highest BCUT2D eigenvalue weighted by Gasteiger charge is 2.33. The highest BCUT2D eigenvalue weighted by Crippen LogP contribution is 2.40. The monoisotopic (exact) mass is 469 g/mol. The SMILES string of the molecule is CCCC[NH+](C)Cc1c([O-])cc(C)c2c1OC(=Cc1cc3cc(Br)ccc3o1)C2=O. The quantitative estimate of drug-likeness (QED) is 0.553. The molecule has 30 heavy (non-hydrogen) atoms. The number of unbranched alkanes of at least 4 members (excludes halogenated alkanes) is 1. The third-order valence-corrected chi connectivity index (χ3v) is 5.90. The molecule has 0 amide bonds. The first kappa shape index (κ1) is 20.7. The van der Waals surface area contributed by atoms with Crippen molar-refractivity contribution in [1.82, 2.24) is 0 Å². The number of fused-ring (bicyclic) bond motifs is 2. The Morgan fingerprint density at radius 2 is 2.03 bits per heavy atom. The van der Waals surface area contributed by atoms with Crippen molar-refractivity contribution in [3.05, 3.63) is 63.0 Å². The molecule has 1 atom stereocenters. The first-order chi connectivity index (χ1) is 14.4. The van der Waals surface area contributed by atoms with Crippen molar-refractivity contribution in [1.29, 1.82) is 0 Å². The molecular formula is C24H24BrNO4. The van der Waals surface area contributed by atoms with Crippen molar-refractivity contribution in [2.24, 2.45) is 0 Å². The first-order valence-corrected chi connectivity index (χ1v) is 10.9. The van der Waals surface area contributed by atoms with Crippen LogP contribution >= 0.6 is 15.9 Å². The number of halogens is 1. The Bertz CT molecular complexity index is 1160. The van der Waals surface area contributed by atoms with Crippen LogP contribution in [0.2, 0.25) is 0 Å². The summed E-state index contributed by atoms with van der Waals surface area (Å²) in [7, 11) is 2.06. The van der Waals surface area contributed by atoms with E-state index in [1.807, 2.05) is 24.3 Å². The Morgan fingerprint density at radius 3 is 2.80 bits per heavy atom. The maximum absolute atomic E-state index is 13.1. The average Bonchev–Trinajstić information content (AvgIpc) is 3.24. The molecular weight excluding hydrogens is 446 g/mol. The molecule has 0 saturated heterocycles. The number of Topliss-reactive ketones (excluding diaryl/α,β-unsaturated/α-hetero) is 1. The van der Waals surface area contributed by atoms with Crippen LogP contribution in [0.25, 0.3) is 17.0 Å². The number of benzene rings is 2. The molecule has 0 aliphatic carbocycles. The number of carbonyl (C=O) groups excluding carboxylic acids is 1. The van der Waals surface area contributed by atoms with Gasteiger partial charge >= 0.3 is 0 Å². The molecule has 1 N–H and O–H groups in total. The van der Waals surface area contributed by atoms with Gasteiger partial charge in [0.15, 0.2) is 5.76 Å². The van der Waals surface area contributed by atoms with Crippen LogP contribution in [0.4, 0.5) is 0 Å². The molecule has 1 unspecified atom stereocenters. The van der Waals surface area contributed by atoms with Gasteiger partial charge in [-0.1, -0.05) is 41.1 Å². The predicted molar refractivity (Wildman–Crippen MR) is 118 cm³/mol. The summed E-state index contributed by atoms with van der Waals surface area (Å²) in [5.74, 6) is 0.836. The summed E-state index contributed by atoms with van der Waals surface area (Å²) < 4.78 is 12.8. The second-order valence-corrected chi connectivity index (χ2v) is 8.80. The topological polar surface area (TPSA) is 66.9 Å². The van der Waals surface area contributed by atoms with Crippen LogP contribution in [0.1, 0.15) is 47.0 Å². The average molecular weight is 470 g/mol. The van der Waals surface area contributed by atoms with Crippen LogP contribution in [0, 0.1) is 6.92 Å². The van der Waals surface area contributed by atoms with Gasteiger partial charge in [0.2, 0.25) is 5.78 Å². The highest BCUT2D eigenvalue weighted by atomic mass is 79.9. The molecule has 1 aliphatic heterocycles. The number of aryl methyl sites for hydroxylation is 1. The maximum atomic E-state index is 13.1. The Balaban J connectivity index is 1.69. The van der Waals surface area contributed by atoms with E-state index in [0.717, 1.165) is 34.8 Å². The zero-order valence-corrected chi connectivity index (χ0v) is 18.9. The third-order valence-electron chi connectivity index (χ3n) is 5.41. The van der Waals surface area contributed by atoms with Gasteiger partial charge in [0.25, 0.3) is 0 Å². The summed E-state index contributed by atoms with van der Waals surface area (Å²) in [4.78, 5) is 14.3. The summed E-state index contributed by atoms with van der Waals surface area (Å²) in [6, 6.07) is 9.13. The number of carbonyl (C=O) groups is 1. The zero-order valence-electron chi connectivity index (χ0n) is 17.3. The van der Waals surface area contributed by atoms with Crippen LogP contribution in [-0.4, -0.2) is 19.4 Å². The summed E-state index contributed by atoms with van der Waals surface area (Å²) in [5.41, 5.74) is 2.42. The molecule has 6 heteroatoms. The number of ether oxygens (including phenoxy) is 1. The van der Waals surface area contributed by atoms with Crippen molar-refractivity contribution in [3.63, 3.8) is 0 Å². The molecule has 3 aromatic rings. The molecule has 2 aromatic carbocycles. The lowest BCUT2D eigenvalue weighted by Crippen LogP contribution is -3.07. The van der Waals surface area contributed by atoms with Gasteiger partial charge in [-0.2, -0.15) is 0 Å². The minimum absolute atomic E-state index is 0.0789. The minimum Gasteiger partial charge on any atom is -0.872 e. The van der Waals surface area contributed by atoms with E-state index in [2.05, 4.69) is 29.9 Å². The second-order valence-electron chi connectivity index (χ2n) is 7.88. The third kappa shape index (κ3) is 3.89. The summed E-state index contributed by atoms with van der Waals surface area (Å²) in [6.07, 6.45) is 3.79. The van der Waals surface area contributed by atoms with Gasteiger partial charge in [-0.25, -0.2) is 0 Å². The number of quaternary nitrogens is 1. The fourth-order valence-corrected chi connectivity index (χ4v) is 4.22. The van der Waals surface area contributed by atoms with Crippen molar-refractivity contribution in [2.75, 3.05) is 13.6 Å². The van der Waals surface area contributed by atoms with E-state index in [9.17, 15) is 9.90 Å². The lowest BCUT2D eigenvalue weighted by Gasteiger charge is -2.21. The number of rotatable bonds is 6. The molecule has 156 valence electrons. The van der Waals surface area contributed by atoms with Crippen molar-refractivity contribution < 1.29 is 24.0 Å². The number of hydrogen-bond acceptors (Lipinski definition) is 4. The van der Waals surface area contributed by atoms with Crippen LogP contribution in [-0.2, 0) is 6.54 Å². The van der Waals surface area contributed by atoms with Gasteiger partial charge in [-0.05, 0) is 43.2 Å². The summed E-state index contributed by atoms with van der Waals surface area (Å²) in [5, 5.41) is 13.6. The van der Waals surface area contributed by atoms with Gasteiger partial charge < -0.3 is 19.2 Å². The van der Waals surface area contributed by atoms with Crippen LogP contribution < -0.4 is 14.7 Å². The molecule has 0 spiro atoms. The molecule has 0 radical (unpaired) electrons. The number of furan rings is 1. The molecule has 1 aliphatic rings. The predicted octanol–water partition coefficient (Wildman–Crippen LogP) is 4.01. The van der Waals surface area contributed by atoms with E-state index in [4.69, 9.17) is 9.15 Å².